The van der Waals surface area contributed by atoms with Gasteiger partial charge in [0.25, 0.3) is 0 Å². The van der Waals surface area contributed by atoms with E-state index in [1.807, 2.05) is 12.1 Å². The van der Waals surface area contributed by atoms with Gasteiger partial charge in [-0.25, -0.2) is 8.42 Å². The Morgan fingerprint density at radius 1 is 1.45 bits per heavy atom. The number of hydrogen-bond acceptors (Lipinski definition) is 4. The highest BCUT2D eigenvalue weighted by Gasteiger charge is 2.28. The summed E-state index contributed by atoms with van der Waals surface area (Å²) in [6.07, 6.45) is 0.678. The molecule has 0 saturated carbocycles. The van der Waals surface area contributed by atoms with E-state index in [0.29, 0.717) is 31.8 Å². The second kappa shape index (κ2) is 6.27. The van der Waals surface area contributed by atoms with Gasteiger partial charge in [-0.05, 0) is 24.6 Å². The van der Waals surface area contributed by atoms with E-state index in [4.69, 9.17) is 10.5 Å². The molecule has 0 atom stereocenters. The zero-order chi connectivity index (χ0) is 14.6. The molecule has 1 heterocycles. The minimum absolute atomic E-state index is 0.224. The van der Waals surface area contributed by atoms with Gasteiger partial charge in [-0.3, -0.25) is 0 Å². The lowest BCUT2D eigenvalue weighted by Gasteiger charge is -2.16. The van der Waals surface area contributed by atoms with Crippen LogP contribution < -0.4 is 10.5 Å². The summed E-state index contributed by atoms with van der Waals surface area (Å²) in [6.45, 7) is 1.18. The van der Waals surface area contributed by atoms with Gasteiger partial charge < -0.3 is 10.5 Å². The van der Waals surface area contributed by atoms with Crippen LogP contribution in [0.2, 0.25) is 0 Å². The fourth-order valence-electron chi connectivity index (χ4n) is 2.19. The minimum atomic E-state index is -3.12. The standard InChI is InChI=1S/C14H18N2O3S/c1-19-14-6-5-12(4-2-7-15)10-13(14)11-16-8-3-9-20(16,17)18/h5-6,10H,3,7-9,11,15H2,1H3. The zero-order valence-corrected chi connectivity index (χ0v) is 12.2. The van der Waals surface area contributed by atoms with Crippen molar-refractivity contribution in [1.29, 1.82) is 0 Å². The van der Waals surface area contributed by atoms with Gasteiger partial charge in [-0.2, -0.15) is 4.31 Å². The Bertz CT molecular complexity index is 644. The normalized spacial score (nSPS) is 17.5. The molecule has 6 heteroatoms. The van der Waals surface area contributed by atoms with E-state index in [0.717, 1.165) is 11.1 Å². The van der Waals surface area contributed by atoms with E-state index in [2.05, 4.69) is 11.8 Å². The highest BCUT2D eigenvalue weighted by atomic mass is 32.2. The Morgan fingerprint density at radius 2 is 2.25 bits per heavy atom. The molecule has 0 bridgehead atoms. The second-order valence-electron chi connectivity index (χ2n) is 4.54. The molecule has 2 N–H and O–H groups in total. The molecule has 0 radical (unpaired) electrons. The van der Waals surface area contributed by atoms with Crippen LogP contribution in [0.4, 0.5) is 0 Å². The molecule has 1 saturated heterocycles. The molecule has 0 spiro atoms. The van der Waals surface area contributed by atoms with Gasteiger partial charge >= 0.3 is 0 Å². The molecule has 5 nitrogen and oxygen atoms in total. The summed E-state index contributed by atoms with van der Waals surface area (Å²) < 4.78 is 30.5. The first kappa shape index (κ1) is 14.9. The van der Waals surface area contributed by atoms with Crippen LogP contribution >= 0.6 is 0 Å². The van der Waals surface area contributed by atoms with Crippen LogP contribution in [0.5, 0.6) is 5.75 Å². The third-order valence-corrected chi connectivity index (χ3v) is 5.07. The van der Waals surface area contributed by atoms with Crippen molar-refractivity contribution in [1.82, 2.24) is 4.31 Å². The second-order valence-corrected chi connectivity index (χ2v) is 6.62. The predicted molar refractivity (Wildman–Crippen MR) is 77.7 cm³/mol. The first-order valence-electron chi connectivity index (χ1n) is 6.40. The molecular weight excluding hydrogens is 276 g/mol. The SMILES string of the molecule is COc1ccc(C#CCN)cc1CN1CCCS1(=O)=O. The van der Waals surface area contributed by atoms with Crippen LogP contribution in [0, 0.1) is 11.8 Å². The van der Waals surface area contributed by atoms with E-state index in [1.54, 1.807) is 13.2 Å². The van der Waals surface area contributed by atoms with Crippen LogP contribution in [0.15, 0.2) is 18.2 Å². The molecule has 1 aromatic carbocycles. The Kier molecular flexibility index (Phi) is 4.65. The number of rotatable bonds is 3. The van der Waals surface area contributed by atoms with Gasteiger partial charge in [0.15, 0.2) is 0 Å². The van der Waals surface area contributed by atoms with Crippen molar-refractivity contribution < 1.29 is 13.2 Å². The van der Waals surface area contributed by atoms with Crippen LogP contribution in [0.1, 0.15) is 17.5 Å². The Balaban J connectivity index is 2.29. The lowest BCUT2D eigenvalue weighted by atomic mass is 10.1. The average Bonchev–Trinajstić information content (AvgIpc) is 2.76. The van der Waals surface area contributed by atoms with Crippen molar-refractivity contribution >= 4 is 10.0 Å². The molecule has 1 fully saturated rings. The van der Waals surface area contributed by atoms with Gasteiger partial charge in [0.1, 0.15) is 5.75 Å². The fourth-order valence-corrected chi connectivity index (χ4v) is 3.69. The molecule has 20 heavy (non-hydrogen) atoms. The smallest absolute Gasteiger partial charge is 0.214 e. The molecular formula is C14H18N2O3S. The Labute approximate surface area is 119 Å². The number of hydrogen-bond donors (Lipinski definition) is 1. The number of benzene rings is 1. The number of nitrogens with zero attached hydrogens (tertiary/aromatic N) is 1. The number of ether oxygens (including phenoxy) is 1. The summed E-state index contributed by atoms with van der Waals surface area (Å²) in [5.74, 6) is 6.62. The average molecular weight is 294 g/mol. The molecule has 0 aliphatic carbocycles. The van der Waals surface area contributed by atoms with Gasteiger partial charge in [0, 0.05) is 24.2 Å². The maximum Gasteiger partial charge on any atom is 0.214 e. The summed E-state index contributed by atoms with van der Waals surface area (Å²) in [5.41, 5.74) is 6.98. The number of methoxy groups -OCH3 is 1. The topological polar surface area (TPSA) is 72.6 Å². The molecule has 0 aromatic heterocycles. The summed E-state index contributed by atoms with van der Waals surface area (Å²) in [7, 11) is -1.55. The van der Waals surface area contributed by atoms with Crippen molar-refractivity contribution in [3.63, 3.8) is 0 Å². The first-order valence-corrected chi connectivity index (χ1v) is 8.01. The highest BCUT2D eigenvalue weighted by Crippen LogP contribution is 2.24. The monoisotopic (exact) mass is 294 g/mol. The quantitative estimate of drug-likeness (QED) is 0.826. The molecule has 2 rings (SSSR count). The van der Waals surface area contributed by atoms with Crippen molar-refractivity contribution in [3.05, 3.63) is 29.3 Å². The lowest BCUT2D eigenvalue weighted by Crippen LogP contribution is -2.25. The third kappa shape index (κ3) is 3.31. The van der Waals surface area contributed by atoms with Crippen LogP contribution in [0.25, 0.3) is 0 Å². The van der Waals surface area contributed by atoms with Gasteiger partial charge in [-0.15, -0.1) is 0 Å². The maximum absolute atomic E-state index is 11.9. The van der Waals surface area contributed by atoms with Crippen molar-refractivity contribution in [2.75, 3.05) is 26.0 Å². The van der Waals surface area contributed by atoms with E-state index >= 15 is 0 Å². The third-order valence-electron chi connectivity index (χ3n) is 3.17. The largest absolute Gasteiger partial charge is 0.496 e. The molecule has 108 valence electrons. The Hall–Kier alpha value is -1.55. The Morgan fingerprint density at radius 3 is 2.85 bits per heavy atom. The van der Waals surface area contributed by atoms with E-state index < -0.39 is 10.0 Å². The summed E-state index contributed by atoms with van der Waals surface area (Å²) in [6, 6.07) is 5.50. The summed E-state index contributed by atoms with van der Waals surface area (Å²) >= 11 is 0. The number of sulfonamides is 1. The van der Waals surface area contributed by atoms with E-state index in [1.165, 1.54) is 4.31 Å². The highest BCUT2D eigenvalue weighted by molar-refractivity contribution is 7.89. The molecule has 1 aromatic rings. The summed E-state index contributed by atoms with van der Waals surface area (Å²) in [5, 5.41) is 0. The minimum Gasteiger partial charge on any atom is -0.496 e. The summed E-state index contributed by atoms with van der Waals surface area (Å²) in [4.78, 5) is 0. The van der Waals surface area contributed by atoms with Crippen molar-refractivity contribution in [2.24, 2.45) is 5.73 Å². The lowest BCUT2D eigenvalue weighted by molar-refractivity contribution is 0.391. The molecule has 1 aliphatic heterocycles. The van der Waals surface area contributed by atoms with Crippen LogP contribution in [-0.2, 0) is 16.6 Å². The van der Waals surface area contributed by atoms with Gasteiger partial charge in [-0.1, -0.05) is 11.8 Å². The van der Waals surface area contributed by atoms with Crippen molar-refractivity contribution in [3.8, 4) is 17.6 Å². The van der Waals surface area contributed by atoms with Crippen LogP contribution in [-0.4, -0.2) is 38.7 Å². The fraction of sp³-hybridized carbons (Fsp3) is 0.429. The molecule has 0 amide bonds. The molecule has 1 aliphatic rings. The van der Waals surface area contributed by atoms with Crippen LogP contribution in [0.3, 0.4) is 0 Å². The maximum atomic E-state index is 11.9. The zero-order valence-electron chi connectivity index (χ0n) is 11.4. The van der Waals surface area contributed by atoms with Crippen molar-refractivity contribution in [2.45, 2.75) is 13.0 Å². The van der Waals surface area contributed by atoms with E-state index in [9.17, 15) is 8.42 Å². The first-order chi connectivity index (χ1) is 9.56. The molecule has 0 unspecified atom stereocenters. The van der Waals surface area contributed by atoms with E-state index in [-0.39, 0.29) is 5.75 Å². The van der Waals surface area contributed by atoms with Gasteiger partial charge in [0.05, 0.1) is 19.4 Å². The van der Waals surface area contributed by atoms with Gasteiger partial charge in [0.2, 0.25) is 10.0 Å². The predicted octanol–water partition coefficient (Wildman–Crippen LogP) is 0.541. The number of nitrogens with two attached hydrogens (primary N) is 1.